The van der Waals surface area contributed by atoms with Gasteiger partial charge in [-0.15, -0.1) is 10.2 Å². The molecule has 0 atom stereocenters. The first-order chi connectivity index (χ1) is 8.84. The Hall–Kier alpha value is -1.80. The highest BCUT2D eigenvalue weighted by atomic mass is 32.2. The maximum atomic E-state index is 13.8. The third kappa shape index (κ3) is 2.49. The van der Waals surface area contributed by atoms with Gasteiger partial charge in [-0.05, 0) is 26.0 Å². The molecule has 0 spiro atoms. The number of nitrogens with zero attached hydrogens (tertiary/aromatic N) is 3. The SMILES string of the molecule is CCn1c(-c2cc(C)ccc2F)nnc1S(N)(=O)=O. The number of aryl methyl sites for hydroxylation is 1. The number of hydrogen-bond donors (Lipinski definition) is 1. The van der Waals surface area contributed by atoms with Gasteiger partial charge >= 0.3 is 0 Å². The van der Waals surface area contributed by atoms with Crippen molar-refractivity contribution < 1.29 is 12.8 Å². The first-order valence-corrected chi connectivity index (χ1v) is 7.11. The molecule has 19 heavy (non-hydrogen) atoms. The number of nitrogens with two attached hydrogens (primary N) is 1. The van der Waals surface area contributed by atoms with Gasteiger partial charge in [-0.25, -0.2) is 17.9 Å². The van der Waals surface area contributed by atoms with Crippen molar-refractivity contribution in [2.75, 3.05) is 0 Å². The number of aromatic nitrogens is 3. The zero-order valence-electron chi connectivity index (χ0n) is 10.5. The lowest BCUT2D eigenvalue weighted by Gasteiger charge is -2.07. The Balaban J connectivity index is 2.70. The highest BCUT2D eigenvalue weighted by Crippen LogP contribution is 2.24. The van der Waals surface area contributed by atoms with Gasteiger partial charge in [0, 0.05) is 6.54 Å². The van der Waals surface area contributed by atoms with E-state index in [1.807, 2.05) is 0 Å². The van der Waals surface area contributed by atoms with Crippen molar-refractivity contribution in [2.45, 2.75) is 25.5 Å². The van der Waals surface area contributed by atoms with Crippen LogP contribution in [0.3, 0.4) is 0 Å². The largest absolute Gasteiger partial charge is 0.297 e. The molecule has 0 aliphatic carbocycles. The summed E-state index contributed by atoms with van der Waals surface area (Å²) in [6, 6.07) is 4.50. The molecule has 1 aromatic heterocycles. The van der Waals surface area contributed by atoms with Crippen molar-refractivity contribution in [2.24, 2.45) is 5.14 Å². The molecular formula is C11H13FN4O2S. The summed E-state index contributed by atoms with van der Waals surface area (Å²) >= 11 is 0. The molecule has 6 nitrogen and oxygen atoms in total. The second-order valence-electron chi connectivity index (χ2n) is 4.08. The molecule has 0 fully saturated rings. The fraction of sp³-hybridized carbons (Fsp3) is 0.273. The number of halogens is 1. The average Bonchev–Trinajstić information content (AvgIpc) is 2.75. The van der Waals surface area contributed by atoms with Crippen molar-refractivity contribution >= 4 is 10.0 Å². The van der Waals surface area contributed by atoms with Crippen LogP contribution in [-0.2, 0) is 16.6 Å². The normalized spacial score (nSPS) is 11.8. The molecule has 2 N–H and O–H groups in total. The van der Waals surface area contributed by atoms with Gasteiger partial charge in [-0.1, -0.05) is 11.6 Å². The summed E-state index contributed by atoms with van der Waals surface area (Å²) in [7, 11) is -3.99. The van der Waals surface area contributed by atoms with Gasteiger partial charge in [-0.2, -0.15) is 0 Å². The van der Waals surface area contributed by atoms with Gasteiger partial charge in [0.2, 0.25) is 0 Å². The molecule has 1 heterocycles. The molecule has 0 radical (unpaired) electrons. The molecule has 0 amide bonds. The second-order valence-corrected chi connectivity index (χ2v) is 5.53. The van der Waals surface area contributed by atoms with Crippen LogP contribution in [-0.4, -0.2) is 23.2 Å². The number of hydrogen-bond acceptors (Lipinski definition) is 4. The highest BCUT2D eigenvalue weighted by molar-refractivity contribution is 7.89. The summed E-state index contributed by atoms with van der Waals surface area (Å²) in [6.45, 7) is 3.77. The third-order valence-electron chi connectivity index (χ3n) is 2.65. The van der Waals surface area contributed by atoms with E-state index in [0.717, 1.165) is 5.56 Å². The van der Waals surface area contributed by atoms with Gasteiger partial charge in [-0.3, -0.25) is 4.57 Å². The fourth-order valence-electron chi connectivity index (χ4n) is 1.79. The predicted octanol–water partition coefficient (Wildman–Crippen LogP) is 1.06. The zero-order valence-corrected chi connectivity index (χ0v) is 11.3. The molecule has 0 aliphatic rings. The molecule has 0 bridgehead atoms. The van der Waals surface area contributed by atoms with Gasteiger partial charge in [0.25, 0.3) is 15.2 Å². The number of primary sulfonamides is 1. The molecule has 0 aliphatic heterocycles. The van der Waals surface area contributed by atoms with Crippen LogP contribution < -0.4 is 5.14 Å². The van der Waals surface area contributed by atoms with E-state index in [2.05, 4.69) is 10.2 Å². The minimum Gasteiger partial charge on any atom is -0.297 e. The summed E-state index contributed by atoms with van der Waals surface area (Å²) in [5, 5.41) is 12.0. The average molecular weight is 284 g/mol. The van der Waals surface area contributed by atoms with Gasteiger partial charge in [0.05, 0.1) is 5.56 Å². The van der Waals surface area contributed by atoms with E-state index in [0.29, 0.717) is 0 Å². The molecular weight excluding hydrogens is 271 g/mol. The first kappa shape index (κ1) is 13.6. The van der Waals surface area contributed by atoms with Crippen LogP contribution >= 0.6 is 0 Å². The van der Waals surface area contributed by atoms with Crippen LogP contribution in [0.2, 0.25) is 0 Å². The molecule has 0 saturated heterocycles. The minimum absolute atomic E-state index is 0.146. The summed E-state index contributed by atoms with van der Waals surface area (Å²) in [4.78, 5) is 0. The van der Waals surface area contributed by atoms with E-state index in [4.69, 9.17) is 5.14 Å². The van der Waals surface area contributed by atoms with Crippen molar-refractivity contribution in [1.29, 1.82) is 0 Å². The van der Waals surface area contributed by atoms with Crippen molar-refractivity contribution in [3.05, 3.63) is 29.6 Å². The highest BCUT2D eigenvalue weighted by Gasteiger charge is 2.22. The minimum atomic E-state index is -3.99. The van der Waals surface area contributed by atoms with Crippen LogP contribution in [0.25, 0.3) is 11.4 Å². The topological polar surface area (TPSA) is 90.9 Å². The van der Waals surface area contributed by atoms with Crippen LogP contribution in [0.15, 0.2) is 23.4 Å². The van der Waals surface area contributed by atoms with Gasteiger partial charge < -0.3 is 0 Å². The molecule has 0 unspecified atom stereocenters. The quantitative estimate of drug-likeness (QED) is 0.912. The molecule has 1 aromatic carbocycles. The first-order valence-electron chi connectivity index (χ1n) is 5.57. The second kappa shape index (κ2) is 4.71. The van der Waals surface area contributed by atoms with E-state index in [9.17, 15) is 12.8 Å². The lowest BCUT2D eigenvalue weighted by Crippen LogP contribution is -2.18. The summed E-state index contributed by atoms with van der Waals surface area (Å²) < 4.78 is 37.8. The Morgan fingerprint density at radius 3 is 2.63 bits per heavy atom. The Morgan fingerprint density at radius 2 is 2.05 bits per heavy atom. The van der Waals surface area contributed by atoms with E-state index < -0.39 is 15.8 Å². The maximum Gasteiger partial charge on any atom is 0.273 e. The molecule has 102 valence electrons. The maximum absolute atomic E-state index is 13.8. The van der Waals surface area contributed by atoms with E-state index in [1.54, 1.807) is 26.0 Å². The molecule has 0 saturated carbocycles. The van der Waals surface area contributed by atoms with Crippen LogP contribution in [0.4, 0.5) is 4.39 Å². The van der Waals surface area contributed by atoms with Gasteiger partial charge in [0.1, 0.15) is 5.82 Å². The van der Waals surface area contributed by atoms with Crippen molar-refractivity contribution in [3.63, 3.8) is 0 Å². The van der Waals surface area contributed by atoms with Crippen LogP contribution in [0.5, 0.6) is 0 Å². The number of sulfonamides is 1. The van der Waals surface area contributed by atoms with Crippen LogP contribution in [0.1, 0.15) is 12.5 Å². The lowest BCUT2D eigenvalue weighted by molar-refractivity contribution is 0.569. The predicted molar refractivity (Wildman–Crippen MR) is 67.2 cm³/mol. The smallest absolute Gasteiger partial charge is 0.273 e. The monoisotopic (exact) mass is 284 g/mol. The third-order valence-corrected chi connectivity index (χ3v) is 3.46. The summed E-state index contributed by atoms with van der Waals surface area (Å²) in [6.07, 6.45) is 0. The summed E-state index contributed by atoms with van der Waals surface area (Å²) in [5.74, 6) is -0.346. The van der Waals surface area contributed by atoms with Crippen LogP contribution in [0, 0.1) is 12.7 Å². The van der Waals surface area contributed by atoms with Crippen molar-refractivity contribution in [1.82, 2.24) is 14.8 Å². The number of benzene rings is 1. The van der Waals surface area contributed by atoms with E-state index in [1.165, 1.54) is 10.6 Å². The molecule has 8 heteroatoms. The number of rotatable bonds is 3. The Kier molecular flexibility index (Phi) is 3.38. The van der Waals surface area contributed by atoms with E-state index >= 15 is 0 Å². The Bertz CT molecular complexity index is 724. The fourth-order valence-corrected chi connectivity index (χ4v) is 2.47. The molecule has 2 rings (SSSR count). The van der Waals surface area contributed by atoms with E-state index in [-0.39, 0.29) is 23.1 Å². The standard InChI is InChI=1S/C11H13FN4O2S/c1-3-16-10(14-15-11(16)19(13,17)18)8-6-7(2)4-5-9(8)12/h4-6H,3H2,1-2H3,(H2,13,17,18). The van der Waals surface area contributed by atoms with Gasteiger partial charge in [0.15, 0.2) is 5.82 Å². The molecule has 2 aromatic rings. The Morgan fingerprint density at radius 1 is 1.37 bits per heavy atom. The lowest BCUT2D eigenvalue weighted by atomic mass is 10.1. The Labute approximate surface area is 110 Å². The zero-order chi connectivity index (χ0) is 14.2. The van der Waals surface area contributed by atoms with Crippen molar-refractivity contribution in [3.8, 4) is 11.4 Å². The summed E-state index contributed by atoms with van der Waals surface area (Å²) in [5.41, 5.74) is 1.03.